The van der Waals surface area contributed by atoms with Crippen LogP contribution in [0.4, 0.5) is 0 Å². The van der Waals surface area contributed by atoms with E-state index in [-0.39, 0.29) is 16.4 Å². The lowest BCUT2D eigenvalue weighted by molar-refractivity contribution is 0.104. The van der Waals surface area contributed by atoms with E-state index in [2.05, 4.69) is 4.98 Å². The number of ether oxygens (including phenoxy) is 1. The third kappa shape index (κ3) is 3.42. The minimum Gasteiger partial charge on any atom is -0.495 e. The molecule has 6 nitrogen and oxygen atoms in total. The highest BCUT2D eigenvalue weighted by Crippen LogP contribution is 2.26. The van der Waals surface area contributed by atoms with Gasteiger partial charge in [0.1, 0.15) is 10.6 Å². The van der Waals surface area contributed by atoms with Gasteiger partial charge in [-0.1, -0.05) is 0 Å². The normalized spacial score (nSPS) is 12.2. The minimum atomic E-state index is -3.43. The number of hydrogen-bond donors (Lipinski definition) is 0. The first-order chi connectivity index (χ1) is 12.2. The van der Waals surface area contributed by atoms with Gasteiger partial charge in [0.05, 0.1) is 18.5 Å². The summed E-state index contributed by atoms with van der Waals surface area (Å²) >= 11 is 1.59. The van der Waals surface area contributed by atoms with E-state index in [1.54, 1.807) is 17.4 Å². The van der Waals surface area contributed by atoms with Gasteiger partial charge in [-0.2, -0.15) is 0 Å². The lowest BCUT2D eigenvalue weighted by atomic mass is 10.1. The van der Waals surface area contributed by atoms with Gasteiger partial charge in [-0.05, 0) is 44.2 Å². The lowest BCUT2D eigenvalue weighted by Crippen LogP contribution is -2.03. The standard InChI is InChI=1S/C18H18N2O4S2/c1-11-10-20-14(12(2)19-18(20)25-11)6-7-15(21)13-5-8-17(26(4,22)23)16(9-13)24-3/h5-10H,1-4H3. The third-order valence-corrected chi connectivity index (χ3v) is 5.94. The molecule has 0 N–H and O–H groups in total. The molecule has 0 atom stereocenters. The molecule has 3 rings (SSSR count). The third-order valence-electron chi connectivity index (χ3n) is 3.90. The maximum absolute atomic E-state index is 12.5. The van der Waals surface area contributed by atoms with Crippen molar-refractivity contribution in [1.29, 1.82) is 0 Å². The highest BCUT2D eigenvalue weighted by Gasteiger charge is 2.16. The number of thiazole rings is 1. The summed E-state index contributed by atoms with van der Waals surface area (Å²) in [6.45, 7) is 3.89. The fourth-order valence-electron chi connectivity index (χ4n) is 2.66. The minimum absolute atomic E-state index is 0.0580. The number of aromatic nitrogens is 2. The molecule has 0 fully saturated rings. The van der Waals surface area contributed by atoms with Gasteiger partial charge in [-0.3, -0.25) is 9.20 Å². The molecule has 1 aromatic carbocycles. The van der Waals surface area contributed by atoms with Crippen molar-refractivity contribution in [2.24, 2.45) is 0 Å². The number of sulfone groups is 1. The van der Waals surface area contributed by atoms with Crippen molar-refractivity contribution in [2.75, 3.05) is 13.4 Å². The van der Waals surface area contributed by atoms with Gasteiger partial charge in [0.25, 0.3) is 0 Å². The van der Waals surface area contributed by atoms with Crippen LogP contribution in [0.1, 0.15) is 26.6 Å². The van der Waals surface area contributed by atoms with E-state index in [1.807, 2.05) is 24.4 Å². The number of rotatable bonds is 5. The molecule has 0 unspecified atom stereocenters. The van der Waals surface area contributed by atoms with Crippen LogP contribution in [-0.4, -0.2) is 37.0 Å². The fraction of sp³-hybridized carbons (Fsp3) is 0.222. The Morgan fingerprint density at radius 1 is 1.31 bits per heavy atom. The van der Waals surface area contributed by atoms with Crippen molar-refractivity contribution in [3.8, 4) is 5.75 Å². The number of hydrogen-bond acceptors (Lipinski definition) is 6. The molecule has 0 bridgehead atoms. The Kier molecular flexibility index (Phi) is 4.72. The molecule has 0 aliphatic carbocycles. The Hall–Kier alpha value is -2.45. The molecule has 2 aromatic heterocycles. The summed E-state index contributed by atoms with van der Waals surface area (Å²) in [6.07, 6.45) is 6.26. The second-order valence-corrected chi connectivity index (χ2v) is 9.11. The molecule has 0 amide bonds. The summed E-state index contributed by atoms with van der Waals surface area (Å²) in [6, 6.07) is 4.32. The van der Waals surface area contributed by atoms with E-state index in [0.717, 1.165) is 27.5 Å². The van der Waals surface area contributed by atoms with E-state index in [9.17, 15) is 13.2 Å². The van der Waals surface area contributed by atoms with Crippen LogP contribution in [0.15, 0.2) is 35.4 Å². The molecule has 0 saturated heterocycles. The number of imidazole rings is 1. The summed E-state index contributed by atoms with van der Waals surface area (Å²) < 4.78 is 30.6. The van der Waals surface area contributed by atoms with Crippen LogP contribution >= 0.6 is 11.3 Å². The van der Waals surface area contributed by atoms with Gasteiger partial charge >= 0.3 is 0 Å². The largest absolute Gasteiger partial charge is 0.495 e. The van der Waals surface area contributed by atoms with Crippen LogP contribution in [-0.2, 0) is 9.84 Å². The molecule has 3 aromatic rings. The maximum atomic E-state index is 12.5. The Balaban J connectivity index is 1.94. The average Bonchev–Trinajstić information content (AvgIpc) is 3.06. The quantitative estimate of drug-likeness (QED) is 0.493. The summed E-state index contributed by atoms with van der Waals surface area (Å²) in [5.41, 5.74) is 2.04. The number of carbonyl (C=O) groups is 1. The molecule has 0 spiro atoms. The second-order valence-electron chi connectivity index (χ2n) is 5.91. The predicted octanol–water partition coefficient (Wildman–Crippen LogP) is 3.32. The first kappa shape index (κ1) is 18.3. The Labute approximate surface area is 155 Å². The molecular formula is C18H18N2O4S2. The average molecular weight is 390 g/mol. The van der Waals surface area contributed by atoms with Crippen molar-refractivity contribution in [3.05, 3.63) is 52.3 Å². The fourth-order valence-corrected chi connectivity index (χ4v) is 4.36. The first-order valence-electron chi connectivity index (χ1n) is 7.76. The molecule has 0 aliphatic rings. The van der Waals surface area contributed by atoms with Crippen molar-refractivity contribution >= 4 is 38.0 Å². The monoisotopic (exact) mass is 390 g/mol. The van der Waals surface area contributed by atoms with Gasteiger partial charge in [0.15, 0.2) is 20.6 Å². The van der Waals surface area contributed by atoms with Crippen LogP contribution in [0.3, 0.4) is 0 Å². The zero-order valence-corrected chi connectivity index (χ0v) is 16.4. The van der Waals surface area contributed by atoms with E-state index >= 15 is 0 Å². The van der Waals surface area contributed by atoms with Crippen molar-refractivity contribution < 1.29 is 17.9 Å². The summed E-state index contributed by atoms with van der Waals surface area (Å²) in [4.78, 5) is 19.1. The topological polar surface area (TPSA) is 77.7 Å². The molecule has 0 radical (unpaired) electrons. The van der Waals surface area contributed by atoms with E-state index in [4.69, 9.17) is 4.74 Å². The van der Waals surface area contributed by atoms with Gasteiger partial charge < -0.3 is 4.74 Å². The van der Waals surface area contributed by atoms with E-state index in [1.165, 1.54) is 31.4 Å². The molecular weight excluding hydrogens is 372 g/mol. The van der Waals surface area contributed by atoms with Gasteiger partial charge in [-0.15, -0.1) is 11.3 Å². The van der Waals surface area contributed by atoms with Crippen molar-refractivity contribution in [3.63, 3.8) is 0 Å². The van der Waals surface area contributed by atoms with Crippen molar-refractivity contribution in [2.45, 2.75) is 18.7 Å². The molecule has 0 saturated carbocycles. The summed E-state index contributed by atoms with van der Waals surface area (Å²) in [5, 5.41) is 0. The number of allylic oxidation sites excluding steroid dienone is 1. The first-order valence-corrected chi connectivity index (χ1v) is 10.5. The molecule has 8 heteroatoms. The Morgan fingerprint density at radius 3 is 2.69 bits per heavy atom. The smallest absolute Gasteiger partial charge is 0.194 e. The second kappa shape index (κ2) is 6.69. The van der Waals surface area contributed by atoms with Crippen LogP contribution in [0.2, 0.25) is 0 Å². The number of nitrogens with zero attached hydrogens (tertiary/aromatic N) is 2. The van der Waals surface area contributed by atoms with Gasteiger partial charge in [0, 0.05) is 22.9 Å². The number of aryl methyl sites for hydroxylation is 2. The van der Waals surface area contributed by atoms with Crippen LogP contribution < -0.4 is 4.74 Å². The van der Waals surface area contributed by atoms with E-state index in [0.29, 0.717) is 5.56 Å². The molecule has 136 valence electrons. The lowest BCUT2D eigenvalue weighted by Gasteiger charge is -2.08. The number of fused-ring (bicyclic) bond motifs is 1. The zero-order chi connectivity index (χ0) is 19.1. The molecule has 0 aliphatic heterocycles. The van der Waals surface area contributed by atoms with Crippen LogP contribution in [0.5, 0.6) is 5.75 Å². The Bertz CT molecular complexity index is 1140. The number of methoxy groups -OCH3 is 1. The van der Waals surface area contributed by atoms with E-state index < -0.39 is 9.84 Å². The number of ketones is 1. The SMILES string of the molecule is COc1cc(C(=O)C=Cc2c(C)nc3sc(C)cn23)ccc1S(C)(=O)=O. The zero-order valence-electron chi connectivity index (χ0n) is 14.8. The van der Waals surface area contributed by atoms with Gasteiger partial charge in [0.2, 0.25) is 0 Å². The molecule has 2 heterocycles. The van der Waals surface area contributed by atoms with Gasteiger partial charge in [-0.25, -0.2) is 13.4 Å². The number of benzene rings is 1. The van der Waals surface area contributed by atoms with Crippen molar-refractivity contribution in [1.82, 2.24) is 9.38 Å². The highest BCUT2D eigenvalue weighted by molar-refractivity contribution is 7.90. The van der Waals surface area contributed by atoms with Crippen LogP contribution in [0.25, 0.3) is 11.0 Å². The predicted molar refractivity (Wildman–Crippen MR) is 102 cm³/mol. The van der Waals surface area contributed by atoms with Crippen LogP contribution in [0, 0.1) is 13.8 Å². The Morgan fingerprint density at radius 2 is 2.04 bits per heavy atom. The summed E-state index contributed by atoms with van der Waals surface area (Å²) in [5.74, 6) is -0.0900. The summed E-state index contributed by atoms with van der Waals surface area (Å²) in [7, 11) is -2.05. The molecule has 26 heavy (non-hydrogen) atoms. The maximum Gasteiger partial charge on any atom is 0.194 e. The number of carbonyl (C=O) groups excluding carboxylic acids is 1. The highest BCUT2D eigenvalue weighted by atomic mass is 32.2.